The SMILES string of the molecule is CNC(=O)c1ccc(C2CCCCN2C(=O)c2cc(C#N)c[nH]2)n1C. The van der Waals surface area contributed by atoms with Gasteiger partial charge in [0.25, 0.3) is 11.8 Å². The molecular formula is C18H21N5O2. The Morgan fingerprint density at radius 2 is 2.16 bits per heavy atom. The van der Waals surface area contributed by atoms with Gasteiger partial charge in [-0.1, -0.05) is 0 Å². The fraction of sp³-hybridized carbons (Fsp3) is 0.389. The Labute approximate surface area is 146 Å². The normalized spacial score (nSPS) is 17.2. The summed E-state index contributed by atoms with van der Waals surface area (Å²) < 4.78 is 1.85. The van der Waals surface area contributed by atoms with Crippen molar-refractivity contribution in [2.24, 2.45) is 7.05 Å². The molecule has 25 heavy (non-hydrogen) atoms. The molecule has 3 heterocycles. The van der Waals surface area contributed by atoms with Crippen LogP contribution in [0.2, 0.25) is 0 Å². The Bertz CT molecular complexity index is 842. The highest BCUT2D eigenvalue weighted by atomic mass is 16.2. The number of H-pyrrole nitrogens is 1. The Morgan fingerprint density at radius 3 is 2.84 bits per heavy atom. The van der Waals surface area contributed by atoms with Crippen LogP contribution in [-0.2, 0) is 7.05 Å². The maximum absolute atomic E-state index is 12.9. The van der Waals surface area contributed by atoms with Crippen LogP contribution in [0.1, 0.15) is 57.5 Å². The van der Waals surface area contributed by atoms with Gasteiger partial charge in [0, 0.05) is 32.5 Å². The van der Waals surface area contributed by atoms with Crippen molar-refractivity contribution >= 4 is 11.8 Å². The van der Waals surface area contributed by atoms with Gasteiger partial charge in [0.2, 0.25) is 0 Å². The lowest BCUT2D eigenvalue weighted by molar-refractivity contribution is 0.0597. The summed E-state index contributed by atoms with van der Waals surface area (Å²) in [4.78, 5) is 29.6. The number of piperidine rings is 1. The van der Waals surface area contributed by atoms with Gasteiger partial charge in [-0.25, -0.2) is 0 Å². The first kappa shape index (κ1) is 16.8. The Balaban J connectivity index is 1.91. The van der Waals surface area contributed by atoms with E-state index < -0.39 is 0 Å². The monoisotopic (exact) mass is 339 g/mol. The molecule has 1 saturated heterocycles. The summed E-state index contributed by atoms with van der Waals surface area (Å²) >= 11 is 0. The van der Waals surface area contributed by atoms with Crippen molar-refractivity contribution in [2.45, 2.75) is 25.3 Å². The standard InChI is InChI=1S/C18H21N5O2/c1-20-17(24)16-7-6-14(22(16)2)15-5-3-4-8-23(15)18(25)13-9-12(10-19)11-21-13/h6-7,9,11,15,21H,3-5,8H2,1-2H3,(H,20,24). The number of hydrogen-bond acceptors (Lipinski definition) is 3. The number of nitriles is 1. The number of amides is 2. The molecule has 0 radical (unpaired) electrons. The van der Waals surface area contributed by atoms with Gasteiger partial charge in [-0.3, -0.25) is 9.59 Å². The summed E-state index contributed by atoms with van der Waals surface area (Å²) in [6.07, 6.45) is 4.37. The van der Waals surface area contributed by atoms with Gasteiger partial charge < -0.3 is 19.8 Å². The maximum Gasteiger partial charge on any atom is 0.270 e. The third-order valence-corrected chi connectivity index (χ3v) is 4.77. The molecule has 2 aromatic rings. The average Bonchev–Trinajstić information content (AvgIpc) is 3.27. The highest BCUT2D eigenvalue weighted by Crippen LogP contribution is 2.32. The van der Waals surface area contributed by atoms with Crippen LogP contribution in [-0.4, -0.2) is 39.9 Å². The van der Waals surface area contributed by atoms with Crippen LogP contribution in [0.25, 0.3) is 0 Å². The number of aromatic nitrogens is 2. The molecule has 0 saturated carbocycles. The second-order valence-corrected chi connectivity index (χ2v) is 6.21. The minimum absolute atomic E-state index is 0.0847. The number of carbonyl (C=O) groups is 2. The fourth-order valence-corrected chi connectivity index (χ4v) is 3.44. The topological polar surface area (TPSA) is 93.9 Å². The van der Waals surface area contributed by atoms with E-state index in [4.69, 9.17) is 5.26 Å². The summed E-state index contributed by atoms with van der Waals surface area (Å²) in [6, 6.07) is 7.22. The van der Waals surface area contributed by atoms with E-state index in [-0.39, 0.29) is 17.9 Å². The molecule has 0 aromatic carbocycles. The molecule has 1 unspecified atom stereocenters. The van der Waals surface area contributed by atoms with E-state index in [1.54, 1.807) is 25.4 Å². The first-order valence-electron chi connectivity index (χ1n) is 8.34. The van der Waals surface area contributed by atoms with E-state index in [2.05, 4.69) is 10.3 Å². The molecule has 1 aliphatic heterocycles. The van der Waals surface area contributed by atoms with Gasteiger partial charge in [-0.2, -0.15) is 5.26 Å². The molecule has 1 fully saturated rings. The van der Waals surface area contributed by atoms with Gasteiger partial charge in [-0.05, 0) is 37.5 Å². The Hall–Kier alpha value is -3.01. The number of carbonyl (C=O) groups excluding carboxylic acids is 2. The van der Waals surface area contributed by atoms with E-state index in [1.165, 1.54) is 0 Å². The first-order valence-corrected chi connectivity index (χ1v) is 8.34. The zero-order valence-electron chi connectivity index (χ0n) is 14.4. The molecule has 1 atom stereocenters. The van der Waals surface area contributed by atoms with E-state index in [9.17, 15) is 9.59 Å². The van der Waals surface area contributed by atoms with Crippen molar-refractivity contribution in [1.29, 1.82) is 5.26 Å². The molecule has 1 aliphatic rings. The molecule has 3 rings (SSSR count). The zero-order chi connectivity index (χ0) is 18.0. The number of rotatable bonds is 3. The minimum Gasteiger partial charge on any atom is -0.356 e. The predicted molar refractivity (Wildman–Crippen MR) is 91.9 cm³/mol. The van der Waals surface area contributed by atoms with Gasteiger partial charge in [0.05, 0.1) is 11.6 Å². The van der Waals surface area contributed by atoms with Crippen LogP contribution in [0.3, 0.4) is 0 Å². The molecule has 0 spiro atoms. The number of nitrogens with one attached hydrogen (secondary N) is 2. The van der Waals surface area contributed by atoms with Gasteiger partial charge >= 0.3 is 0 Å². The highest BCUT2D eigenvalue weighted by Gasteiger charge is 2.31. The lowest BCUT2D eigenvalue weighted by Crippen LogP contribution is -2.39. The first-order chi connectivity index (χ1) is 12.1. The van der Waals surface area contributed by atoms with Gasteiger partial charge in [0.1, 0.15) is 17.5 Å². The summed E-state index contributed by atoms with van der Waals surface area (Å²) in [6.45, 7) is 0.658. The fourth-order valence-electron chi connectivity index (χ4n) is 3.44. The Morgan fingerprint density at radius 1 is 1.36 bits per heavy atom. The molecule has 130 valence electrons. The number of hydrogen-bond donors (Lipinski definition) is 2. The van der Waals surface area contributed by atoms with Crippen LogP contribution >= 0.6 is 0 Å². The summed E-state index contributed by atoms with van der Waals surface area (Å²) in [5.41, 5.74) is 2.38. The van der Waals surface area contributed by atoms with Crippen molar-refractivity contribution in [3.05, 3.63) is 47.0 Å². The largest absolute Gasteiger partial charge is 0.356 e. The van der Waals surface area contributed by atoms with E-state index >= 15 is 0 Å². The zero-order valence-corrected chi connectivity index (χ0v) is 14.4. The molecule has 2 aromatic heterocycles. The average molecular weight is 339 g/mol. The summed E-state index contributed by atoms with van der Waals surface area (Å²) in [7, 11) is 3.45. The molecule has 0 bridgehead atoms. The highest BCUT2D eigenvalue weighted by molar-refractivity contribution is 5.94. The van der Waals surface area contributed by atoms with Crippen LogP contribution in [0, 0.1) is 11.3 Å². The van der Waals surface area contributed by atoms with Crippen LogP contribution in [0.5, 0.6) is 0 Å². The van der Waals surface area contributed by atoms with Crippen LogP contribution in [0.15, 0.2) is 24.4 Å². The van der Waals surface area contributed by atoms with Crippen molar-refractivity contribution in [3.63, 3.8) is 0 Å². The van der Waals surface area contributed by atoms with E-state index in [0.717, 1.165) is 25.0 Å². The van der Waals surface area contributed by atoms with Crippen LogP contribution < -0.4 is 5.32 Å². The molecule has 7 heteroatoms. The number of aromatic amines is 1. The molecular weight excluding hydrogens is 318 g/mol. The third kappa shape index (κ3) is 3.03. The summed E-state index contributed by atoms with van der Waals surface area (Å²) in [5, 5.41) is 11.6. The summed E-state index contributed by atoms with van der Waals surface area (Å²) in [5.74, 6) is -0.264. The molecule has 2 amide bonds. The molecule has 0 aliphatic carbocycles. The van der Waals surface area contributed by atoms with Crippen molar-refractivity contribution in [2.75, 3.05) is 13.6 Å². The van der Waals surface area contributed by atoms with Crippen LogP contribution in [0.4, 0.5) is 0 Å². The van der Waals surface area contributed by atoms with Crippen molar-refractivity contribution in [1.82, 2.24) is 19.8 Å². The van der Waals surface area contributed by atoms with Gasteiger partial charge in [0.15, 0.2) is 0 Å². The van der Waals surface area contributed by atoms with Crippen molar-refractivity contribution < 1.29 is 9.59 Å². The predicted octanol–water partition coefficient (Wildman–Crippen LogP) is 1.95. The van der Waals surface area contributed by atoms with E-state index in [1.807, 2.05) is 28.7 Å². The minimum atomic E-state index is -0.148. The maximum atomic E-state index is 12.9. The second kappa shape index (κ2) is 6.85. The Kier molecular flexibility index (Phi) is 4.61. The van der Waals surface area contributed by atoms with E-state index in [0.29, 0.717) is 23.5 Å². The lowest BCUT2D eigenvalue weighted by atomic mass is 9.98. The number of nitrogens with zero attached hydrogens (tertiary/aromatic N) is 3. The second-order valence-electron chi connectivity index (χ2n) is 6.21. The quantitative estimate of drug-likeness (QED) is 0.895. The third-order valence-electron chi connectivity index (χ3n) is 4.77. The lowest BCUT2D eigenvalue weighted by Gasteiger charge is -2.36. The smallest absolute Gasteiger partial charge is 0.270 e. The molecule has 2 N–H and O–H groups in total. The molecule has 7 nitrogen and oxygen atoms in total. The number of likely N-dealkylation sites (tertiary alicyclic amines) is 1. The van der Waals surface area contributed by atoms with Crippen molar-refractivity contribution in [3.8, 4) is 6.07 Å². The van der Waals surface area contributed by atoms with Gasteiger partial charge in [-0.15, -0.1) is 0 Å².